The summed E-state index contributed by atoms with van der Waals surface area (Å²) < 4.78 is 5.56. The van der Waals surface area contributed by atoms with Crippen LogP contribution in [-0.4, -0.2) is 11.6 Å². The molecule has 1 heterocycles. The van der Waals surface area contributed by atoms with Crippen molar-refractivity contribution in [2.75, 3.05) is 6.61 Å². The molecule has 0 aliphatic heterocycles. The molecule has 1 aromatic heterocycles. The summed E-state index contributed by atoms with van der Waals surface area (Å²) in [5.41, 5.74) is 4.29. The van der Waals surface area contributed by atoms with E-state index >= 15 is 0 Å². The number of aromatic nitrogens is 1. The van der Waals surface area contributed by atoms with E-state index in [4.69, 9.17) is 4.74 Å². The third-order valence-corrected chi connectivity index (χ3v) is 3.79. The first-order valence-electron chi connectivity index (χ1n) is 6.61. The molecule has 1 N–H and O–H groups in total. The minimum atomic E-state index is 0.780. The Morgan fingerprint density at radius 1 is 1.21 bits per heavy atom. The summed E-state index contributed by atoms with van der Waals surface area (Å²) in [4.78, 5) is 5.55. The van der Waals surface area contributed by atoms with E-state index < -0.39 is 0 Å². The van der Waals surface area contributed by atoms with Gasteiger partial charge in [-0.05, 0) is 31.0 Å². The van der Waals surface area contributed by atoms with Crippen LogP contribution >= 0.6 is 11.3 Å². The van der Waals surface area contributed by atoms with Crippen LogP contribution in [0.2, 0.25) is 0 Å². The summed E-state index contributed by atoms with van der Waals surface area (Å²) >= 11 is 1.70. The Hall–Kier alpha value is -1.39. The van der Waals surface area contributed by atoms with Gasteiger partial charge in [0.1, 0.15) is 5.75 Å². The predicted octanol–water partition coefficient (Wildman–Crippen LogP) is 3.53. The number of ether oxygens (including phenoxy) is 1. The number of hydrogen-bond acceptors (Lipinski definition) is 4. The van der Waals surface area contributed by atoms with Crippen molar-refractivity contribution in [2.45, 2.75) is 33.4 Å². The summed E-state index contributed by atoms with van der Waals surface area (Å²) in [5, 5.41) is 3.44. The maximum Gasteiger partial charge on any atom is 0.119 e. The van der Waals surface area contributed by atoms with E-state index in [1.807, 2.05) is 24.6 Å². The molecular weight excluding hydrogens is 256 g/mol. The van der Waals surface area contributed by atoms with E-state index in [0.717, 1.165) is 37.6 Å². The van der Waals surface area contributed by atoms with Gasteiger partial charge in [-0.3, -0.25) is 0 Å². The molecule has 102 valence electrons. The highest BCUT2D eigenvalue weighted by molar-refractivity contribution is 7.09. The van der Waals surface area contributed by atoms with E-state index in [0.29, 0.717) is 0 Å². The summed E-state index contributed by atoms with van der Waals surface area (Å²) in [6, 6.07) is 8.28. The van der Waals surface area contributed by atoms with Crippen LogP contribution in [-0.2, 0) is 13.1 Å². The normalized spacial score (nSPS) is 10.6. The number of thiazole rings is 1. The molecule has 1 aromatic carbocycles. The molecule has 4 heteroatoms. The van der Waals surface area contributed by atoms with E-state index in [1.165, 1.54) is 10.4 Å². The van der Waals surface area contributed by atoms with Crippen molar-refractivity contribution in [1.82, 2.24) is 10.3 Å². The first kappa shape index (κ1) is 14.0. The average molecular weight is 276 g/mol. The van der Waals surface area contributed by atoms with Gasteiger partial charge in [0.25, 0.3) is 0 Å². The van der Waals surface area contributed by atoms with Crippen LogP contribution in [0.1, 0.15) is 29.5 Å². The number of aryl methyl sites for hydroxylation is 1. The second kappa shape index (κ2) is 7.26. The number of nitrogens with one attached hydrogen (secondary N) is 1. The van der Waals surface area contributed by atoms with Gasteiger partial charge in [-0.1, -0.05) is 19.1 Å². The van der Waals surface area contributed by atoms with Gasteiger partial charge in [0.2, 0.25) is 0 Å². The Morgan fingerprint density at radius 2 is 2.00 bits per heavy atom. The first-order chi connectivity index (χ1) is 9.29. The SMILES string of the molecule is CCCOc1ccc(CNCc2scnc2C)cc1. The van der Waals surface area contributed by atoms with Crippen LogP contribution in [0, 0.1) is 6.92 Å². The molecule has 0 unspecified atom stereocenters. The van der Waals surface area contributed by atoms with E-state index in [9.17, 15) is 0 Å². The molecule has 0 saturated heterocycles. The van der Waals surface area contributed by atoms with Crippen LogP contribution in [0.3, 0.4) is 0 Å². The van der Waals surface area contributed by atoms with Crippen molar-refractivity contribution in [3.63, 3.8) is 0 Å². The molecule has 0 spiro atoms. The van der Waals surface area contributed by atoms with Crippen LogP contribution in [0.5, 0.6) is 5.75 Å². The minimum absolute atomic E-state index is 0.780. The van der Waals surface area contributed by atoms with Crippen LogP contribution in [0.4, 0.5) is 0 Å². The lowest BCUT2D eigenvalue weighted by molar-refractivity contribution is 0.317. The molecule has 19 heavy (non-hydrogen) atoms. The monoisotopic (exact) mass is 276 g/mol. The Balaban J connectivity index is 1.78. The molecule has 2 rings (SSSR count). The fourth-order valence-electron chi connectivity index (χ4n) is 1.74. The lowest BCUT2D eigenvalue weighted by Gasteiger charge is -2.07. The maximum atomic E-state index is 5.56. The summed E-state index contributed by atoms with van der Waals surface area (Å²) in [6.45, 7) is 6.69. The Labute approximate surface area is 118 Å². The fourth-order valence-corrected chi connectivity index (χ4v) is 2.49. The molecule has 0 fully saturated rings. The van der Waals surface area contributed by atoms with E-state index in [2.05, 4.69) is 29.4 Å². The Bertz CT molecular complexity index is 493. The van der Waals surface area contributed by atoms with Crippen LogP contribution < -0.4 is 10.1 Å². The number of nitrogens with zero attached hydrogens (tertiary/aromatic N) is 1. The molecule has 0 radical (unpaired) electrons. The second-order valence-corrected chi connectivity index (χ2v) is 5.40. The standard InChI is InChI=1S/C15H20N2OS/c1-3-8-18-14-6-4-13(5-7-14)9-16-10-15-12(2)17-11-19-15/h4-7,11,16H,3,8-10H2,1-2H3. The van der Waals surface area contributed by atoms with E-state index in [-0.39, 0.29) is 0 Å². The molecule has 0 aliphatic carbocycles. The van der Waals surface area contributed by atoms with Gasteiger partial charge in [-0.15, -0.1) is 11.3 Å². The quantitative estimate of drug-likeness (QED) is 0.840. The smallest absolute Gasteiger partial charge is 0.119 e. The maximum absolute atomic E-state index is 5.56. The van der Waals surface area contributed by atoms with Crippen LogP contribution in [0.15, 0.2) is 29.8 Å². The van der Waals surface area contributed by atoms with Gasteiger partial charge in [0, 0.05) is 18.0 Å². The lowest BCUT2D eigenvalue weighted by atomic mass is 10.2. The second-order valence-electron chi connectivity index (χ2n) is 4.46. The highest BCUT2D eigenvalue weighted by Gasteiger charge is 2.01. The molecule has 3 nitrogen and oxygen atoms in total. The molecule has 2 aromatic rings. The summed E-state index contributed by atoms with van der Waals surface area (Å²) in [7, 11) is 0. The molecule has 0 aliphatic rings. The van der Waals surface area contributed by atoms with Crippen molar-refractivity contribution in [1.29, 1.82) is 0 Å². The van der Waals surface area contributed by atoms with Crippen molar-refractivity contribution in [3.05, 3.63) is 45.9 Å². The zero-order valence-corrected chi connectivity index (χ0v) is 12.3. The van der Waals surface area contributed by atoms with Gasteiger partial charge in [-0.25, -0.2) is 4.98 Å². The first-order valence-corrected chi connectivity index (χ1v) is 7.49. The fraction of sp³-hybridized carbons (Fsp3) is 0.400. The highest BCUT2D eigenvalue weighted by atomic mass is 32.1. The zero-order chi connectivity index (χ0) is 13.5. The predicted molar refractivity (Wildman–Crippen MR) is 79.6 cm³/mol. The van der Waals surface area contributed by atoms with Crippen LogP contribution in [0.25, 0.3) is 0 Å². The van der Waals surface area contributed by atoms with Gasteiger partial charge in [0.15, 0.2) is 0 Å². The third kappa shape index (κ3) is 4.33. The highest BCUT2D eigenvalue weighted by Crippen LogP contribution is 2.14. The Morgan fingerprint density at radius 3 is 2.63 bits per heavy atom. The van der Waals surface area contributed by atoms with Crippen molar-refractivity contribution in [2.24, 2.45) is 0 Å². The van der Waals surface area contributed by atoms with Crippen molar-refractivity contribution >= 4 is 11.3 Å². The molecule has 0 amide bonds. The molecule has 0 saturated carbocycles. The molecular formula is C15H20N2OS. The number of hydrogen-bond donors (Lipinski definition) is 1. The number of benzene rings is 1. The van der Waals surface area contributed by atoms with Gasteiger partial charge in [0.05, 0.1) is 17.8 Å². The summed E-state index contributed by atoms with van der Waals surface area (Å²) in [5.74, 6) is 0.948. The van der Waals surface area contributed by atoms with Gasteiger partial charge in [-0.2, -0.15) is 0 Å². The summed E-state index contributed by atoms with van der Waals surface area (Å²) in [6.07, 6.45) is 1.04. The van der Waals surface area contributed by atoms with E-state index in [1.54, 1.807) is 11.3 Å². The lowest BCUT2D eigenvalue weighted by Crippen LogP contribution is -2.12. The van der Waals surface area contributed by atoms with Gasteiger partial charge < -0.3 is 10.1 Å². The zero-order valence-electron chi connectivity index (χ0n) is 11.5. The van der Waals surface area contributed by atoms with Crippen molar-refractivity contribution in [3.8, 4) is 5.75 Å². The largest absolute Gasteiger partial charge is 0.494 e. The minimum Gasteiger partial charge on any atom is -0.494 e. The topological polar surface area (TPSA) is 34.1 Å². The van der Waals surface area contributed by atoms with Crippen molar-refractivity contribution < 1.29 is 4.74 Å². The number of rotatable bonds is 7. The third-order valence-electron chi connectivity index (χ3n) is 2.86. The average Bonchev–Trinajstić information content (AvgIpc) is 2.84. The van der Waals surface area contributed by atoms with Gasteiger partial charge >= 0.3 is 0 Å². The molecule has 0 bridgehead atoms. The molecule has 0 atom stereocenters. The Kier molecular flexibility index (Phi) is 5.36.